The molecule has 1 N–H and O–H groups in total. The molecule has 5 heteroatoms. The molecule has 0 fully saturated rings. The van der Waals surface area contributed by atoms with Crippen LogP contribution in [0.2, 0.25) is 0 Å². The van der Waals surface area contributed by atoms with Crippen molar-refractivity contribution < 1.29 is 14.3 Å². The maximum absolute atomic E-state index is 12.2. The second kappa shape index (κ2) is 7.04. The predicted octanol–water partition coefficient (Wildman–Crippen LogP) is 2.93. The molecule has 5 nitrogen and oxygen atoms in total. The zero-order valence-electron chi connectivity index (χ0n) is 12.0. The zero-order valence-corrected chi connectivity index (χ0v) is 12.0. The summed E-state index contributed by atoms with van der Waals surface area (Å²) in [6, 6.07) is 15.4. The molecule has 2 aromatic rings. The van der Waals surface area contributed by atoms with Gasteiger partial charge in [0.25, 0.3) is 5.91 Å². The van der Waals surface area contributed by atoms with Crippen LogP contribution in [-0.2, 0) is 4.74 Å². The standard InChI is InChI=1S/C17H14N2O3/c1-12-5-4-6-13(11-12)16(20)19-15-8-3-2-7-14(15)17(21)22-10-9-18/h2-8,11H,10H2,1H3,(H,19,20). The number of carbonyl (C=O) groups is 2. The van der Waals surface area contributed by atoms with Crippen LogP contribution >= 0.6 is 0 Å². The Kier molecular flexibility index (Phi) is 4.89. The number of para-hydroxylation sites is 1. The van der Waals surface area contributed by atoms with Gasteiger partial charge in [0.15, 0.2) is 6.61 Å². The van der Waals surface area contributed by atoms with Crippen molar-refractivity contribution in [1.29, 1.82) is 5.26 Å². The fraction of sp³-hybridized carbons (Fsp3) is 0.118. The van der Waals surface area contributed by atoms with E-state index in [-0.39, 0.29) is 18.1 Å². The van der Waals surface area contributed by atoms with Gasteiger partial charge in [-0.2, -0.15) is 5.26 Å². The number of benzene rings is 2. The van der Waals surface area contributed by atoms with Gasteiger partial charge < -0.3 is 10.1 Å². The first-order valence-electron chi connectivity index (χ1n) is 6.63. The van der Waals surface area contributed by atoms with Crippen LogP contribution < -0.4 is 5.32 Å². The largest absolute Gasteiger partial charge is 0.447 e. The van der Waals surface area contributed by atoms with E-state index in [0.29, 0.717) is 11.3 Å². The van der Waals surface area contributed by atoms with E-state index in [1.165, 1.54) is 6.07 Å². The number of hydrogen-bond donors (Lipinski definition) is 1. The van der Waals surface area contributed by atoms with Gasteiger partial charge >= 0.3 is 5.97 Å². The molecule has 0 atom stereocenters. The van der Waals surface area contributed by atoms with Gasteiger partial charge in [-0.05, 0) is 31.2 Å². The molecule has 0 aromatic heterocycles. The van der Waals surface area contributed by atoms with Crippen LogP contribution in [-0.4, -0.2) is 18.5 Å². The van der Waals surface area contributed by atoms with Crippen molar-refractivity contribution in [2.45, 2.75) is 6.92 Å². The molecular formula is C17H14N2O3. The lowest BCUT2D eigenvalue weighted by molar-refractivity contribution is 0.0556. The third-order valence-electron chi connectivity index (χ3n) is 2.94. The van der Waals surface area contributed by atoms with Crippen molar-refractivity contribution in [2.24, 2.45) is 0 Å². The topological polar surface area (TPSA) is 79.2 Å². The molecule has 0 saturated carbocycles. The Balaban J connectivity index is 2.21. The normalized spacial score (nSPS) is 9.64. The number of hydrogen-bond acceptors (Lipinski definition) is 4. The molecule has 0 spiro atoms. The van der Waals surface area contributed by atoms with Crippen molar-refractivity contribution in [3.05, 3.63) is 65.2 Å². The molecular weight excluding hydrogens is 280 g/mol. The first kappa shape index (κ1) is 15.3. The van der Waals surface area contributed by atoms with Crippen LogP contribution in [0.25, 0.3) is 0 Å². The number of amides is 1. The van der Waals surface area contributed by atoms with E-state index in [9.17, 15) is 9.59 Å². The number of nitrogens with one attached hydrogen (secondary N) is 1. The fourth-order valence-corrected chi connectivity index (χ4v) is 1.93. The van der Waals surface area contributed by atoms with Crippen LogP contribution in [0.3, 0.4) is 0 Å². The van der Waals surface area contributed by atoms with Gasteiger partial charge in [-0.1, -0.05) is 29.8 Å². The number of anilines is 1. The summed E-state index contributed by atoms with van der Waals surface area (Å²) in [7, 11) is 0. The van der Waals surface area contributed by atoms with Crippen molar-refractivity contribution in [2.75, 3.05) is 11.9 Å². The maximum Gasteiger partial charge on any atom is 0.341 e. The van der Waals surface area contributed by atoms with E-state index in [2.05, 4.69) is 5.32 Å². The monoisotopic (exact) mass is 294 g/mol. The van der Waals surface area contributed by atoms with Crippen LogP contribution in [0.1, 0.15) is 26.3 Å². The fourth-order valence-electron chi connectivity index (χ4n) is 1.93. The molecule has 2 rings (SSSR count). The Morgan fingerprint density at radius 2 is 1.95 bits per heavy atom. The Morgan fingerprint density at radius 1 is 1.18 bits per heavy atom. The van der Waals surface area contributed by atoms with E-state index >= 15 is 0 Å². The molecule has 1 amide bonds. The van der Waals surface area contributed by atoms with Gasteiger partial charge in [0.05, 0.1) is 11.3 Å². The molecule has 2 aromatic carbocycles. The second-order valence-corrected chi connectivity index (χ2v) is 4.60. The maximum atomic E-state index is 12.2. The Morgan fingerprint density at radius 3 is 2.68 bits per heavy atom. The minimum absolute atomic E-state index is 0.207. The minimum Gasteiger partial charge on any atom is -0.447 e. The summed E-state index contributed by atoms with van der Waals surface area (Å²) in [5.74, 6) is -0.967. The van der Waals surface area contributed by atoms with Crippen molar-refractivity contribution >= 4 is 17.6 Å². The van der Waals surface area contributed by atoms with Crippen LogP contribution in [0.5, 0.6) is 0 Å². The molecule has 0 saturated heterocycles. The molecule has 0 heterocycles. The number of ether oxygens (including phenoxy) is 1. The molecule has 0 aliphatic heterocycles. The lowest BCUT2D eigenvalue weighted by atomic mass is 10.1. The summed E-state index contributed by atoms with van der Waals surface area (Å²) in [6.45, 7) is 1.56. The van der Waals surface area contributed by atoms with Crippen LogP contribution in [0.4, 0.5) is 5.69 Å². The van der Waals surface area contributed by atoms with Gasteiger partial charge in [-0.3, -0.25) is 4.79 Å². The van der Waals surface area contributed by atoms with E-state index in [4.69, 9.17) is 10.00 Å². The summed E-state index contributed by atoms with van der Waals surface area (Å²) in [6.07, 6.45) is 0. The first-order valence-corrected chi connectivity index (χ1v) is 6.63. The highest BCUT2D eigenvalue weighted by molar-refractivity contribution is 6.08. The number of nitrogens with zero attached hydrogens (tertiary/aromatic N) is 1. The molecule has 0 bridgehead atoms. The van der Waals surface area contributed by atoms with Crippen LogP contribution in [0.15, 0.2) is 48.5 Å². The third-order valence-corrected chi connectivity index (χ3v) is 2.94. The summed E-state index contributed by atoms with van der Waals surface area (Å²) in [5, 5.41) is 11.1. The van der Waals surface area contributed by atoms with Crippen molar-refractivity contribution in [3.8, 4) is 6.07 Å². The first-order chi connectivity index (χ1) is 10.6. The quantitative estimate of drug-likeness (QED) is 0.879. The highest BCUT2D eigenvalue weighted by atomic mass is 16.5. The van der Waals surface area contributed by atoms with Crippen molar-refractivity contribution in [1.82, 2.24) is 0 Å². The Labute approximate surface area is 128 Å². The number of rotatable bonds is 4. The Hall–Kier alpha value is -3.13. The number of nitriles is 1. The van der Waals surface area contributed by atoms with Crippen molar-refractivity contribution in [3.63, 3.8) is 0 Å². The number of aryl methyl sites for hydroxylation is 1. The molecule has 0 aliphatic carbocycles. The van der Waals surface area contributed by atoms with Gasteiger partial charge in [0, 0.05) is 5.56 Å². The third kappa shape index (κ3) is 3.70. The summed E-state index contributed by atoms with van der Waals surface area (Å²) in [5.41, 5.74) is 2.02. The summed E-state index contributed by atoms with van der Waals surface area (Å²) >= 11 is 0. The zero-order chi connectivity index (χ0) is 15.9. The lowest BCUT2D eigenvalue weighted by Crippen LogP contribution is -2.16. The lowest BCUT2D eigenvalue weighted by Gasteiger charge is -2.10. The van der Waals surface area contributed by atoms with Gasteiger partial charge in [-0.25, -0.2) is 4.79 Å². The molecule has 0 radical (unpaired) electrons. The SMILES string of the molecule is Cc1cccc(C(=O)Nc2ccccc2C(=O)OCC#N)c1. The summed E-state index contributed by atoms with van der Waals surface area (Å²) in [4.78, 5) is 24.1. The molecule has 110 valence electrons. The highest BCUT2D eigenvalue weighted by Crippen LogP contribution is 2.17. The second-order valence-electron chi connectivity index (χ2n) is 4.60. The number of esters is 1. The highest BCUT2D eigenvalue weighted by Gasteiger charge is 2.15. The Bertz CT molecular complexity index is 748. The minimum atomic E-state index is -0.651. The van der Waals surface area contributed by atoms with Crippen LogP contribution in [0, 0.1) is 18.3 Å². The summed E-state index contributed by atoms with van der Waals surface area (Å²) < 4.78 is 4.77. The van der Waals surface area contributed by atoms with E-state index < -0.39 is 5.97 Å². The van der Waals surface area contributed by atoms with E-state index in [1.54, 1.807) is 42.5 Å². The molecule has 0 aliphatic rings. The van der Waals surface area contributed by atoms with E-state index in [1.807, 2.05) is 13.0 Å². The molecule has 22 heavy (non-hydrogen) atoms. The number of carbonyl (C=O) groups excluding carboxylic acids is 2. The van der Waals surface area contributed by atoms with Gasteiger partial charge in [0.1, 0.15) is 6.07 Å². The average Bonchev–Trinajstić information content (AvgIpc) is 2.53. The van der Waals surface area contributed by atoms with E-state index in [0.717, 1.165) is 5.56 Å². The van der Waals surface area contributed by atoms with Gasteiger partial charge in [0.2, 0.25) is 0 Å². The predicted molar refractivity (Wildman–Crippen MR) is 81.5 cm³/mol. The smallest absolute Gasteiger partial charge is 0.341 e. The van der Waals surface area contributed by atoms with Gasteiger partial charge in [-0.15, -0.1) is 0 Å². The molecule has 0 unspecified atom stereocenters. The average molecular weight is 294 g/mol.